The van der Waals surface area contributed by atoms with Crippen molar-refractivity contribution in [1.82, 2.24) is 19.5 Å². The van der Waals surface area contributed by atoms with Gasteiger partial charge in [-0.15, -0.1) is 0 Å². The van der Waals surface area contributed by atoms with E-state index in [1.165, 1.54) is 10.9 Å². The highest BCUT2D eigenvalue weighted by Gasteiger charge is 2.48. The number of aromatic nitrogens is 4. The van der Waals surface area contributed by atoms with E-state index in [0.717, 1.165) is 13.3 Å². The van der Waals surface area contributed by atoms with Crippen LogP contribution in [0.15, 0.2) is 12.7 Å². The summed E-state index contributed by atoms with van der Waals surface area (Å²) in [5.41, 5.74) is 6.06. The number of nitrogens with two attached hydrogens (primary N) is 1. The van der Waals surface area contributed by atoms with Gasteiger partial charge in [-0.2, -0.15) is 4.31 Å². The first-order chi connectivity index (χ1) is 19.1. The molecule has 230 valence electrons. The summed E-state index contributed by atoms with van der Waals surface area (Å²) in [7, 11) is -10.8. The van der Waals surface area contributed by atoms with E-state index in [0.29, 0.717) is 0 Å². The minimum Gasteiger partial charge on any atom is -0.452 e. The van der Waals surface area contributed by atoms with Gasteiger partial charge < -0.3 is 55.3 Å². The molecule has 2 fully saturated rings. The number of nitrogens with zero attached hydrogens (tertiary/aromatic N) is 4. The number of phosphoric acid groups is 2. The number of rotatable bonds is 11. The fourth-order valence-electron chi connectivity index (χ4n) is 3.88. The number of hydrogen-bond acceptors (Lipinski definition) is 18. The molecule has 11 atom stereocenters. The summed E-state index contributed by atoms with van der Waals surface area (Å²) in [4.78, 5) is 43.0. The van der Waals surface area contributed by atoms with Crippen molar-refractivity contribution in [3.05, 3.63) is 12.7 Å². The Hall–Kier alpha value is -2.20. The van der Waals surface area contributed by atoms with Crippen LogP contribution in [0.2, 0.25) is 0 Å². The summed E-state index contributed by atoms with van der Waals surface area (Å²) in [6, 6.07) is 0. The highest BCUT2D eigenvalue weighted by molar-refractivity contribution is 7.61. The summed E-state index contributed by atoms with van der Waals surface area (Å²) in [5, 5.41) is 49.9. The predicted octanol–water partition coefficient (Wildman–Crippen LogP) is -3.35. The Morgan fingerprint density at radius 3 is 2.24 bits per heavy atom. The molecule has 0 spiro atoms. The van der Waals surface area contributed by atoms with Crippen LogP contribution in [0.4, 0.5) is 5.82 Å². The van der Waals surface area contributed by atoms with E-state index in [2.05, 4.69) is 28.3 Å². The number of carbonyl (C=O) groups excluding carboxylic acids is 1. The summed E-state index contributed by atoms with van der Waals surface area (Å²) in [6.07, 6.45) is -12.2. The van der Waals surface area contributed by atoms with E-state index in [1.54, 1.807) is 0 Å². The molecule has 0 amide bonds. The van der Waals surface area contributed by atoms with Crippen molar-refractivity contribution in [2.45, 2.75) is 62.2 Å². The van der Waals surface area contributed by atoms with Crippen molar-refractivity contribution in [2.75, 3.05) is 18.9 Å². The number of nitrogen functional groups attached to an aromatic ring is 1. The van der Waals surface area contributed by atoms with Gasteiger partial charge in [-0.25, -0.2) is 28.9 Å². The van der Waals surface area contributed by atoms with E-state index >= 15 is 0 Å². The summed E-state index contributed by atoms with van der Waals surface area (Å²) in [6.45, 7) is -0.848. The molecule has 0 bridgehead atoms. The third kappa shape index (κ3) is 7.07. The number of hydrogen-bond donors (Lipinski definition) is 8. The lowest BCUT2D eigenvalue weighted by Crippen LogP contribution is -2.40. The monoisotopic (exact) mass is 631 g/mol. The van der Waals surface area contributed by atoms with Crippen LogP contribution in [0.25, 0.3) is 11.2 Å². The number of aliphatic hydroxyl groups excluding tert-OH is 5. The number of imidazole rings is 1. The fraction of sp³-hybridized carbons (Fsp3) is 0.667. The largest absolute Gasteiger partial charge is 0.481 e. The molecule has 4 heterocycles. The van der Waals surface area contributed by atoms with Gasteiger partial charge in [0, 0.05) is 0 Å². The minimum absolute atomic E-state index is 0.0421. The molecule has 2 saturated heterocycles. The number of esters is 1. The maximum atomic E-state index is 12.3. The van der Waals surface area contributed by atoms with Crippen molar-refractivity contribution >= 4 is 38.6 Å². The smallest absolute Gasteiger partial charge is 0.452 e. The topological polar surface area (TPSA) is 318 Å². The quantitative estimate of drug-likeness (QED) is 0.0887. The lowest BCUT2D eigenvalue weighted by atomic mass is 10.1. The Kier molecular flexibility index (Phi) is 9.43. The van der Waals surface area contributed by atoms with Crippen molar-refractivity contribution in [1.29, 1.82) is 0 Å². The first-order valence-electron chi connectivity index (χ1n) is 11.6. The number of aliphatic hydroxyl groups is 5. The van der Waals surface area contributed by atoms with Crippen LogP contribution in [-0.2, 0) is 41.5 Å². The molecule has 4 rings (SSSR count). The molecule has 2 aromatic heterocycles. The van der Waals surface area contributed by atoms with Gasteiger partial charge in [0.05, 0.1) is 19.5 Å². The molecule has 2 aliphatic rings. The molecule has 23 heteroatoms. The molecule has 41 heavy (non-hydrogen) atoms. The second-order valence-corrected chi connectivity index (χ2v) is 11.9. The molecular formula is C18H27N5O16P2. The van der Waals surface area contributed by atoms with Crippen LogP contribution < -0.4 is 5.73 Å². The minimum atomic E-state index is -5.40. The number of carbonyl (C=O) groups is 1. The van der Waals surface area contributed by atoms with Gasteiger partial charge in [-0.3, -0.25) is 13.6 Å². The van der Waals surface area contributed by atoms with Gasteiger partial charge in [0.1, 0.15) is 48.5 Å². The normalized spacial score (nSPS) is 33.9. The van der Waals surface area contributed by atoms with Crippen LogP contribution >= 0.6 is 15.6 Å². The van der Waals surface area contributed by atoms with Crippen LogP contribution in [-0.4, -0.2) is 123 Å². The Labute approximate surface area is 229 Å². The molecule has 2 aromatic rings. The molecule has 21 nitrogen and oxygen atoms in total. The maximum Gasteiger partial charge on any atom is 0.481 e. The van der Waals surface area contributed by atoms with E-state index in [1.807, 2.05) is 0 Å². The molecule has 0 saturated carbocycles. The Balaban J connectivity index is 1.31. The van der Waals surface area contributed by atoms with Crippen LogP contribution in [0, 0.1) is 0 Å². The Bertz CT molecular complexity index is 1350. The number of ether oxygens (including phenoxy) is 3. The first-order valence-corrected chi connectivity index (χ1v) is 14.6. The summed E-state index contributed by atoms with van der Waals surface area (Å²) >= 11 is 0. The van der Waals surface area contributed by atoms with Gasteiger partial charge in [-0.05, 0) is 6.92 Å². The van der Waals surface area contributed by atoms with Crippen LogP contribution in [0.5, 0.6) is 0 Å². The van der Waals surface area contributed by atoms with E-state index in [4.69, 9.17) is 19.9 Å². The third-order valence-corrected chi connectivity index (χ3v) is 8.52. The van der Waals surface area contributed by atoms with Gasteiger partial charge in [0.2, 0.25) is 0 Å². The predicted molar refractivity (Wildman–Crippen MR) is 127 cm³/mol. The zero-order valence-electron chi connectivity index (χ0n) is 20.8. The van der Waals surface area contributed by atoms with Gasteiger partial charge >= 0.3 is 21.6 Å². The maximum absolute atomic E-state index is 12.3. The van der Waals surface area contributed by atoms with Gasteiger partial charge in [0.25, 0.3) is 0 Å². The molecule has 0 aromatic carbocycles. The highest BCUT2D eigenvalue weighted by Crippen LogP contribution is 2.60. The first kappa shape index (κ1) is 31.7. The van der Waals surface area contributed by atoms with Crippen molar-refractivity contribution in [3.63, 3.8) is 0 Å². The van der Waals surface area contributed by atoms with Gasteiger partial charge in [-0.1, -0.05) is 0 Å². The third-order valence-electron chi connectivity index (χ3n) is 5.91. The molecule has 4 unspecified atom stereocenters. The lowest BCUT2D eigenvalue weighted by molar-refractivity contribution is -0.180. The molecule has 2 aliphatic heterocycles. The van der Waals surface area contributed by atoms with Crippen molar-refractivity contribution < 1.29 is 76.8 Å². The van der Waals surface area contributed by atoms with Crippen LogP contribution in [0.3, 0.4) is 0 Å². The second kappa shape index (κ2) is 12.2. The van der Waals surface area contributed by atoms with Crippen LogP contribution in [0.1, 0.15) is 13.2 Å². The molecular weight excluding hydrogens is 604 g/mol. The molecule has 0 aliphatic carbocycles. The van der Waals surface area contributed by atoms with Crippen molar-refractivity contribution in [3.8, 4) is 0 Å². The summed E-state index contributed by atoms with van der Waals surface area (Å²) in [5.74, 6) is -1.15. The van der Waals surface area contributed by atoms with Gasteiger partial charge in [0.15, 0.2) is 30.1 Å². The molecule has 9 N–H and O–H groups in total. The molecule has 0 radical (unpaired) electrons. The average molecular weight is 631 g/mol. The zero-order valence-corrected chi connectivity index (χ0v) is 22.6. The zero-order chi connectivity index (χ0) is 30.3. The standard InChI is InChI=1S/C18H27N5O16P2/c1-6(24)17(28)38-13-11(26)8(37-18(13)29)3-35-41(32,33)39-40(30,31)34-2-7-10(25)12(27)16(36-7)23-5-22-9-14(19)20-4-21-15(9)23/h4-8,10-13,16,18,24-27,29H,2-3H2,1H3,(H,30,31)(H,32,33)(H2,19,20,21)/t6?,7-,8-,10-,11-,12-,13-,16-,18?/m1/s1. The highest BCUT2D eigenvalue weighted by atomic mass is 31.3. The van der Waals surface area contributed by atoms with Crippen molar-refractivity contribution in [2.24, 2.45) is 0 Å². The summed E-state index contributed by atoms with van der Waals surface area (Å²) < 4.78 is 54.2. The SMILES string of the molecule is CC(O)C(=O)O[C@H]1C(O)O[C@H](COP(=O)(O)OP(=O)(O)OC[C@H]2O[C@@H](n3cnc4c(N)ncnc43)[C@H](O)[C@@H]2O)[C@H]1O. The number of anilines is 1. The van der Waals surface area contributed by atoms with E-state index < -0.39 is 90.1 Å². The second-order valence-electron chi connectivity index (χ2n) is 8.87. The number of fused-ring (bicyclic) bond motifs is 1. The number of phosphoric ester groups is 2. The van der Waals surface area contributed by atoms with E-state index in [-0.39, 0.29) is 17.0 Å². The Morgan fingerprint density at radius 1 is 1.02 bits per heavy atom. The van der Waals surface area contributed by atoms with E-state index in [9.17, 15) is 49.2 Å². The Morgan fingerprint density at radius 2 is 1.63 bits per heavy atom. The fourth-order valence-corrected chi connectivity index (χ4v) is 5.97. The average Bonchev–Trinajstić information content (AvgIpc) is 3.52. The lowest BCUT2D eigenvalue weighted by Gasteiger charge is -2.21.